The first-order valence-corrected chi connectivity index (χ1v) is 6.14. The van der Waals surface area contributed by atoms with Gasteiger partial charge in [-0.05, 0) is 17.7 Å². The van der Waals surface area contributed by atoms with E-state index in [2.05, 4.69) is 20.6 Å². The minimum atomic E-state index is -0.101. The molecule has 0 saturated heterocycles. The summed E-state index contributed by atoms with van der Waals surface area (Å²) in [6, 6.07) is 9.11. The highest BCUT2D eigenvalue weighted by Crippen LogP contribution is 2.12. The molecule has 2 N–H and O–H groups in total. The molecule has 0 aliphatic heterocycles. The number of ether oxygens (including phenoxy) is 1. The van der Waals surface area contributed by atoms with E-state index in [4.69, 9.17) is 4.74 Å². The number of nitrogens with one attached hydrogen (secondary N) is 2. The molecule has 0 unspecified atom stereocenters. The van der Waals surface area contributed by atoms with Crippen LogP contribution in [0.3, 0.4) is 0 Å². The molecule has 0 radical (unpaired) electrons. The van der Waals surface area contributed by atoms with Gasteiger partial charge in [-0.25, -0.2) is 9.97 Å². The van der Waals surface area contributed by atoms with Gasteiger partial charge in [0.05, 0.1) is 7.11 Å². The summed E-state index contributed by atoms with van der Waals surface area (Å²) in [5.41, 5.74) is 1.62. The van der Waals surface area contributed by atoms with Crippen molar-refractivity contribution in [2.75, 3.05) is 19.5 Å². The van der Waals surface area contributed by atoms with Gasteiger partial charge >= 0.3 is 0 Å². The number of aromatic nitrogens is 2. The Hall–Kier alpha value is -2.63. The van der Waals surface area contributed by atoms with Crippen LogP contribution in [0, 0.1) is 0 Å². The zero-order valence-corrected chi connectivity index (χ0v) is 11.4. The topological polar surface area (TPSA) is 76.1 Å². The minimum absolute atomic E-state index is 0.101. The Kier molecular flexibility index (Phi) is 4.49. The van der Waals surface area contributed by atoms with Crippen molar-refractivity contribution in [2.24, 2.45) is 0 Å². The van der Waals surface area contributed by atoms with Gasteiger partial charge in [-0.15, -0.1) is 0 Å². The van der Waals surface area contributed by atoms with Crippen molar-refractivity contribution in [3.05, 3.63) is 47.8 Å². The molecule has 6 heteroatoms. The first-order valence-electron chi connectivity index (χ1n) is 6.14. The van der Waals surface area contributed by atoms with Crippen LogP contribution in [0.25, 0.3) is 0 Å². The van der Waals surface area contributed by atoms with Gasteiger partial charge in [0, 0.05) is 25.2 Å². The van der Waals surface area contributed by atoms with Crippen molar-refractivity contribution >= 4 is 11.7 Å². The number of carbonyl (C=O) groups excluding carboxylic acids is 1. The summed E-state index contributed by atoms with van der Waals surface area (Å²) in [7, 11) is 3.17. The number of rotatable bonds is 5. The summed E-state index contributed by atoms with van der Waals surface area (Å²) in [6.07, 6.45) is 1.43. The largest absolute Gasteiger partial charge is 0.481 e. The predicted molar refractivity (Wildman–Crippen MR) is 75.7 cm³/mol. The van der Waals surface area contributed by atoms with E-state index in [1.54, 1.807) is 26.3 Å². The Labute approximate surface area is 117 Å². The molecule has 6 nitrogen and oxygen atoms in total. The molecule has 1 amide bonds. The van der Waals surface area contributed by atoms with Crippen LogP contribution in [0.15, 0.2) is 36.7 Å². The van der Waals surface area contributed by atoms with E-state index in [0.717, 1.165) is 5.56 Å². The first kappa shape index (κ1) is 13.8. The molecule has 1 aromatic heterocycles. The number of carbonyl (C=O) groups is 1. The SMILES string of the molecule is CNC(=O)c1cccc(CNc2cc(OC)ncn2)c1. The second kappa shape index (κ2) is 6.51. The van der Waals surface area contributed by atoms with E-state index in [1.165, 1.54) is 6.33 Å². The van der Waals surface area contributed by atoms with Crippen LogP contribution in [-0.2, 0) is 6.54 Å². The summed E-state index contributed by atoms with van der Waals surface area (Å²) in [5.74, 6) is 1.07. The number of anilines is 1. The Morgan fingerprint density at radius 1 is 1.30 bits per heavy atom. The lowest BCUT2D eigenvalue weighted by Crippen LogP contribution is -2.18. The van der Waals surface area contributed by atoms with Gasteiger partial charge in [0.2, 0.25) is 5.88 Å². The van der Waals surface area contributed by atoms with Crippen LogP contribution in [-0.4, -0.2) is 30.0 Å². The van der Waals surface area contributed by atoms with Gasteiger partial charge in [-0.3, -0.25) is 4.79 Å². The molecule has 0 fully saturated rings. The van der Waals surface area contributed by atoms with E-state index in [-0.39, 0.29) is 5.91 Å². The fraction of sp³-hybridized carbons (Fsp3) is 0.214. The summed E-state index contributed by atoms with van der Waals surface area (Å²) < 4.78 is 5.03. The highest BCUT2D eigenvalue weighted by atomic mass is 16.5. The molecule has 0 spiro atoms. The van der Waals surface area contributed by atoms with E-state index in [0.29, 0.717) is 23.8 Å². The van der Waals surface area contributed by atoms with Crippen LogP contribution in [0.2, 0.25) is 0 Å². The lowest BCUT2D eigenvalue weighted by atomic mass is 10.1. The van der Waals surface area contributed by atoms with Crippen LogP contribution in [0.5, 0.6) is 5.88 Å². The van der Waals surface area contributed by atoms with Gasteiger partial charge in [-0.1, -0.05) is 12.1 Å². The van der Waals surface area contributed by atoms with Gasteiger partial charge in [0.15, 0.2) is 0 Å². The lowest BCUT2D eigenvalue weighted by molar-refractivity contribution is 0.0963. The molecule has 0 bridgehead atoms. The fourth-order valence-corrected chi connectivity index (χ4v) is 1.71. The number of amides is 1. The van der Waals surface area contributed by atoms with Crippen LogP contribution >= 0.6 is 0 Å². The predicted octanol–water partition coefficient (Wildman–Crippen LogP) is 1.46. The van der Waals surface area contributed by atoms with Gasteiger partial charge in [-0.2, -0.15) is 0 Å². The smallest absolute Gasteiger partial charge is 0.251 e. The molecular weight excluding hydrogens is 256 g/mol. The number of nitrogens with zero attached hydrogens (tertiary/aromatic N) is 2. The molecule has 20 heavy (non-hydrogen) atoms. The maximum Gasteiger partial charge on any atom is 0.251 e. The second-order valence-corrected chi connectivity index (χ2v) is 4.08. The average Bonchev–Trinajstić information content (AvgIpc) is 2.52. The summed E-state index contributed by atoms with van der Waals surface area (Å²) in [4.78, 5) is 19.6. The minimum Gasteiger partial charge on any atom is -0.481 e. The van der Waals surface area contributed by atoms with Gasteiger partial charge in [0.25, 0.3) is 5.91 Å². The van der Waals surface area contributed by atoms with Crippen molar-refractivity contribution in [1.29, 1.82) is 0 Å². The maximum atomic E-state index is 11.6. The highest BCUT2D eigenvalue weighted by molar-refractivity contribution is 5.94. The molecule has 2 rings (SSSR count). The summed E-state index contributed by atoms with van der Waals surface area (Å²) in [5, 5.41) is 5.76. The Bertz CT molecular complexity index is 601. The molecule has 0 saturated carbocycles. The third-order valence-corrected chi connectivity index (χ3v) is 2.74. The molecule has 104 valence electrons. The van der Waals surface area contributed by atoms with E-state index >= 15 is 0 Å². The molecule has 0 aliphatic carbocycles. The second-order valence-electron chi connectivity index (χ2n) is 4.08. The molecule has 0 aliphatic rings. The van der Waals surface area contributed by atoms with Crippen LogP contribution < -0.4 is 15.4 Å². The normalized spacial score (nSPS) is 9.90. The fourth-order valence-electron chi connectivity index (χ4n) is 1.71. The Morgan fingerprint density at radius 3 is 2.90 bits per heavy atom. The standard InChI is InChI=1S/C14H16N4O2/c1-15-14(19)11-5-3-4-10(6-11)8-16-12-7-13(20-2)18-9-17-12/h3-7,9H,8H2,1-2H3,(H,15,19)(H,16,17,18). The van der Waals surface area contributed by atoms with Crippen LogP contribution in [0.4, 0.5) is 5.82 Å². The third-order valence-electron chi connectivity index (χ3n) is 2.74. The van der Waals surface area contributed by atoms with Crippen molar-refractivity contribution in [2.45, 2.75) is 6.54 Å². The van der Waals surface area contributed by atoms with Gasteiger partial charge < -0.3 is 15.4 Å². The van der Waals surface area contributed by atoms with Crippen molar-refractivity contribution in [3.8, 4) is 5.88 Å². The third kappa shape index (κ3) is 3.44. The maximum absolute atomic E-state index is 11.6. The summed E-state index contributed by atoms with van der Waals surface area (Å²) in [6.45, 7) is 0.561. The number of benzene rings is 1. The van der Waals surface area contributed by atoms with E-state index in [1.807, 2.05) is 18.2 Å². The van der Waals surface area contributed by atoms with Gasteiger partial charge in [0.1, 0.15) is 12.1 Å². The zero-order chi connectivity index (χ0) is 14.4. The van der Waals surface area contributed by atoms with Crippen LogP contribution in [0.1, 0.15) is 15.9 Å². The van der Waals surface area contributed by atoms with Crippen molar-refractivity contribution < 1.29 is 9.53 Å². The molecule has 2 aromatic rings. The summed E-state index contributed by atoms with van der Waals surface area (Å²) >= 11 is 0. The quantitative estimate of drug-likeness (QED) is 0.861. The zero-order valence-electron chi connectivity index (χ0n) is 11.4. The molecular formula is C14H16N4O2. The molecule has 1 aromatic carbocycles. The first-order chi connectivity index (χ1) is 9.72. The Morgan fingerprint density at radius 2 is 2.15 bits per heavy atom. The van der Waals surface area contributed by atoms with E-state index < -0.39 is 0 Å². The lowest BCUT2D eigenvalue weighted by Gasteiger charge is -2.07. The number of hydrogen-bond acceptors (Lipinski definition) is 5. The molecule has 1 heterocycles. The highest BCUT2D eigenvalue weighted by Gasteiger charge is 2.04. The van der Waals surface area contributed by atoms with Crippen molar-refractivity contribution in [3.63, 3.8) is 0 Å². The van der Waals surface area contributed by atoms with Crippen molar-refractivity contribution in [1.82, 2.24) is 15.3 Å². The molecule has 0 atom stereocenters. The monoisotopic (exact) mass is 272 g/mol. The van der Waals surface area contributed by atoms with E-state index in [9.17, 15) is 4.79 Å². The number of hydrogen-bond donors (Lipinski definition) is 2. The Balaban J connectivity index is 2.05. The average molecular weight is 272 g/mol. The number of methoxy groups -OCH3 is 1.